The predicted molar refractivity (Wildman–Crippen MR) is 128 cm³/mol. The van der Waals surface area contributed by atoms with Crippen molar-refractivity contribution >= 4 is 51.2 Å². The molecule has 9 heteroatoms. The third-order valence-corrected chi connectivity index (χ3v) is 5.08. The number of benzene rings is 3. The van der Waals surface area contributed by atoms with Gasteiger partial charge >= 0.3 is 0 Å². The van der Waals surface area contributed by atoms with Crippen molar-refractivity contribution in [1.82, 2.24) is 5.43 Å². The quantitative estimate of drug-likeness (QED) is 0.336. The predicted octanol–water partition coefficient (Wildman–Crippen LogP) is 5.14. The van der Waals surface area contributed by atoms with Gasteiger partial charge in [0, 0.05) is 21.1 Å². The van der Waals surface area contributed by atoms with E-state index in [-0.39, 0.29) is 5.56 Å². The molecule has 0 radical (unpaired) electrons. The van der Waals surface area contributed by atoms with Crippen molar-refractivity contribution in [2.24, 2.45) is 5.10 Å². The first-order chi connectivity index (χ1) is 15.4. The Morgan fingerprint density at radius 1 is 0.938 bits per heavy atom. The molecule has 164 valence electrons. The van der Waals surface area contributed by atoms with Gasteiger partial charge in [-0.15, -0.1) is 0 Å². The number of hydrazone groups is 1. The van der Waals surface area contributed by atoms with E-state index >= 15 is 0 Å². The number of ether oxygens (including phenoxy) is 2. The maximum atomic E-state index is 12.8. The Labute approximate surface area is 198 Å². The molecule has 3 aromatic carbocycles. The van der Waals surface area contributed by atoms with Crippen LogP contribution in [-0.2, 0) is 0 Å². The number of hydrogen-bond acceptors (Lipinski definition) is 5. The highest BCUT2D eigenvalue weighted by molar-refractivity contribution is 9.10. The van der Waals surface area contributed by atoms with Gasteiger partial charge in [0.15, 0.2) is 0 Å². The van der Waals surface area contributed by atoms with Crippen LogP contribution in [-0.4, -0.2) is 32.2 Å². The van der Waals surface area contributed by atoms with Crippen LogP contribution in [0.3, 0.4) is 0 Å². The van der Waals surface area contributed by atoms with Crippen LogP contribution < -0.4 is 20.2 Å². The summed E-state index contributed by atoms with van der Waals surface area (Å²) in [7, 11) is 3.00. The van der Waals surface area contributed by atoms with Gasteiger partial charge in [-0.25, -0.2) is 5.43 Å². The number of anilines is 1. The van der Waals surface area contributed by atoms with Gasteiger partial charge in [0.05, 0.1) is 31.7 Å². The molecule has 0 bridgehead atoms. The summed E-state index contributed by atoms with van der Waals surface area (Å²) < 4.78 is 11.1. The van der Waals surface area contributed by atoms with Crippen molar-refractivity contribution in [3.8, 4) is 11.5 Å². The Balaban J connectivity index is 1.79. The number of nitrogens with zero attached hydrogens (tertiary/aromatic N) is 1. The number of carbonyl (C=O) groups is 2. The fourth-order valence-electron chi connectivity index (χ4n) is 2.72. The van der Waals surface area contributed by atoms with Gasteiger partial charge in [-0.2, -0.15) is 5.10 Å². The molecule has 0 aromatic heterocycles. The minimum absolute atomic E-state index is 0.232. The second-order valence-corrected chi connectivity index (χ2v) is 7.85. The number of methoxy groups -OCH3 is 2. The molecule has 3 rings (SSSR count). The monoisotopic (exact) mass is 515 g/mol. The minimum atomic E-state index is -0.491. The molecular formula is C23H19BrClN3O4. The zero-order valence-corrected chi connectivity index (χ0v) is 19.5. The zero-order valence-electron chi connectivity index (χ0n) is 17.2. The standard InChI is InChI=1S/C23H19BrClN3O4/c1-31-18-9-15(10-19(12-18)32-2)22(29)27-21-8-5-16(24)11-20(21)23(30)28-26-13-14-3-6-17(25)7-4-14/h3-13H,1-2H3,(H,27,29)(H,28,30). The highest BCUT2D eigenvalue weighted by Crippen LogP contribution is 2.25. The van der Waals surface area contributed by atoms with Crippen LogP contribution in [0.4, 0.5) is 5.69 Å². The molecule has 0 spiro atoms. The normalized spacial score (nSPS) is 10.6. The van der Waals surface area contributed by atoms with Gasteiger partial charge in [0.2, 0.25) is 0 Å². The molecule has 0 saturated heterocycles. The van der Waals surface area contributed by atoms with Crippen LogP contribution >= 0.6 is 27.5 Å². The first-order valence-corrected chi connectivity index (χ1v) is 10.5. The van der Waals surface area contributed by atoms with Crippen molar-refractivity contribution in [3.63, 3.8) is 0 Å². The summed E-state index contributed by atoms with van der Waals surface area (Å²) in [6, 6.07) is 16.7. The molecule has 0 saturated carbocycles. The highest BCUT2D eigenvalue weighted by Gasteiger charge is 2.16. The van der Waals surface area contributed by atoms with Crippen molar-refractivity contribution in [2.45, 2.75) is 0 Å². The maximum absolute atomic E-state index is 12.8. The van der Waals surface area contributed by atoms with Crippen LogP contribution in [0.2, 0.25) is 5.02 Å². The van der Waals surface area contributed by atoms with Gasteiger partial charge in [-0.05, 0) is 48.0 Å². The summed E-state index contributed by atoms with van der Waals surface area (Å²) in [4.78, 5) is 25.6. The third-order valence-electron chi connectivity index (χ3n) is 4.34. The van der Waals surface area contributed by atoms with E-state index in [4.69, 9.17) is 21.1 Å². The number of carbonyl (C=O) groups excluding carboxylic acids is 2. The van der Waals surface area contributed by atoms with Gasteiger partial charge in [-0.1, -0.05) is 39.7 Å². The maximum Gasteiger partial charge on any atom is 0.273 e. The molecule has 0 atom stereocenters. The Bertz CT molecular complexity index is 1140. The first-order valence-electron chi connectivity index (χ1n) is 9.32. The summed E-state index contributed by atoms with van der Waals surface area (Å²) >= 11 is 9.21. The Morgan fingerprint density at radius 2 is 1.59 bits per heavy atom. The lowest BCUT2D eigenvalue weighted by Gasteiger charge is -2.12. The highest BCUT2D eigenvalue weighted by atomic mass is 79.9. The van der Waals surface area contributed by atoms with E-state index < -0.39 is 11.8 Å². The van der Waals surface area contributed by atoms with E-state index in [1.165, 1.54) is 20.4 Å². The number of nitrogens with one attached hydrogen (secondary N) is 2. The summed E-state index contributed by atoms with van der Waals surface area (Å²) in [5.41, 5.74) is 4.10. The molecule has 0 heterocycles. The number of halogens is 2. The van der Waals surface area contributed by atoms with Gasteiger partial charge in [0.25, 0.3) is 11.8 Å². The first kappa shape index (κ1) is 23.3. The number of amides is 2. The van der Waals surface area contributed by atoms with Crippen molar-refractivity contribution in [3.05, 3.63) is 86.8 Å². The van der Waals surface area contributed by atoms with Gasteiger partial charge < -0.3 is 14.8 Å². The Morgan fingerprint density at radius 3 is 2.22 bits per heavy atom. The van der Waals surface area contributed by atoms with Crippen molar-refractivity contribution in [2.75, 3.05) is 19.5 Å². The molecule has 7 nitrogen and oxygen atoms in total. The van der Waals surface area contributed by atoms with Crippen molar-refractivity contribution < 1.29 is 19.1 Å². The average Bonchev–Trinajstić information content (AvgIpc) is 2.80. The lowest BCUT2D eigenvalue weighted by molar-refractivity contribution is 0.0956. The fourth-order valence-corrected chi connectivity index (χ4v) is 3.21. The van der Waals surface area contributed by atoms with E-state index in [1.807, 2.05) is 0 Å². The zero-order chi connectivity index (χ0) is 23.1. The minimum Gasteiger partial charge on any atom is -0.497 e. The molecule has 0 fully saturated rings. The smallest absolute Gasteiger partial charge is 0.273 e. The molecule has 2 N–H and O–H groups in total. The average molecular weight is 517 g/mol. The lowest BCUT2D eigenvalue weighted by atomic mass is 10.1. The second-order valence-electron chi connectivity index (χ2n) is 6.50. The van der Waals surface area contributed by atoms with Gasteiger partial charge in [0.1, 0.15) is 11.5 Å². The summed E-state index contributed by atoms with van der Waals surface area (Å²) in [5, 5.41) is 7.33. The topological polar surface area (TPSA) is 89.0 Å². The van der Waals surface area contributed by atoms with Crippen LogP contribution in [0.25, 0.3) is 0 Å². The SMILES string of the molecule is COc1cc(OC)cc(C(=O)Nc2ccc(Br)cc2C(=O)NN=Cc2ccc(Cl)cc2)c1. The molecule has 0 aliphatic carbocycles. The number of rotatable bonds is 7. The molecule has 0 aliphatic rings. The van der Waals surface area contributed by atoms with E-state index in [2.05, 4.69) is 31.8 Å². The largest absolute Gasteiger partial charge is 0.497 e. The van der Waals surface area contributed by atoms with E-state index in [9.17, 15) is 9.59 Å². The van der Waals surface area contributed by atoms with Crippen LogP contribution in [0.1, 0.15) is 26.3 Å². The molecule has 0 unspecified atom stereocenters. The molecule has 2 amide bonds. The Kier molecular flexibility index (Phi) is 7.86. The molecule has 32 heavy (non-hydrogen) atoms. The Hall–Kier alpha value is -3.36. The van der Waals surface area contributed by atoms with Crippen molar-refractivity contribution in [1.29, 1.82) is 0 Å². The van der Waals surface area contributed by atoms with Crippen LogP contribution in [0.5, 0.6) is 11.5 Å². The second kappa shape index (κ2) is 10.8. The number of hydrogen-bond donors (Lipinski definition) is 2. The van der Waals surface area contributed by atoms with Crippen LogP contribution in [0.15, 0.2) is 70.2 Å². The van der Waals surface area contributed by atoms with E-state index in [0.29, 0.717) is 32.2 Å². The fraction of sp³-hybridized carbons (Fsp3) is 0.0870. The summed E-state index contributed by atoms with van der Waals surface area (Å²) in [5.74, 6) is 0.0258. The van der Waals surface area contributed by atoms with E-state index in [1.54, 1.807) is 60.7 Å². The van der Waals surface area contributed by atoms with Gasteiger partial charge in [-0.3, -0.25) is 9.59 Å². The summed E-state index contributed by atoms with van der Waals surface area (Å²) in [6.45, 7) is 0. The molecule has 3 aromatic rings. The lowest BCUT2D eigenvalue weighted by Crippen LogP contribution is -2.21. The van der Waals surface area contributed by atoms with Crippen LogP contribution in [0, 0.1) is 0 Å². The third kappa shape index (κ3) is 6.09. The summed E-state index contributed by atoms with van der Waals surface area (Å²) in [6.07, 6.45) is 1.49. The van der Waals surface area contributed by atoms with E-state index in [0.717, 1.165) is 5.56 Å². The molecule has 0 aliphatic heterocycles. The molecular weight excluding hydrogens is 498 g/mol.